The number of rotatable bonds is 3. The zero-order valence-electron chi connectivity index (χ0n) is 11.4. The van der Waals surface area contributed by atoms with Crippen molar-refractivity contribution in [3.8, 4) is 22.3 Å². The summed E-state index contributed by atoms with van der Waals surface area (Å²) in [6, 6.07) is 9.63. The Hall–Kier alpha value is -3.08. The molecule has 108 valence electrons. The average Bonchev–Trinajstić information content (AvgIpc) is 2.56. The van der Waals surface area contributed by atoms with Crippen LogP contribution in [0.2, 0.25) is 0 Å². The lowest BCUT2D eigenvalue weighted by atomic mass is 9.94. The number of carboxylic acid groups (broad SMARTS) is 1. The van der Waals surface area contributed by atoms with Crippen LogP contribution in [0.5, 0.6) is 0 Å². The van der Waals surface area contributed by atoms with Gasteiger partial charge >= 0.3 is 5.97 Å². The molecule has 22 heavy (non-hydrogen) atoms. The Morgan fingerprint density at radius 3 is 1.95 bits per heavy atom. The highest BCUT2D eigenvalue weighted by Crippen LogP contribution is 2.33. The average molecular weight is 294 g/mol. The number of hydrogen-bond acceptors (Lipinski definition) is 3. The molecule has 0 spiro atoms. The standard InChI is InChI=1S/C17H11FN2O2/c18-16-8-14(12-4-2-6-20-10-12)13(7-15(16)17(21)22)11-3-1-5-19-9-11/h1-10H,(H,21,22). The topological polar surface area (TPSA) is 63.1 Å². The van der Waals surface area contributed by atoms with E-state index in [0.717, 1.165) is 0 Å². The third-order valence-electron chi connectivity index (χ3n) is 3.28. The van der Waals surface area contributed by atoms with Gasteiger partial charge in [-0.3, -0.25) is 9.97 Å². The molecule has 0 aliphatic heterocycles. The van der Waals surface area contributed by atoms with E-state index in [0.29, 0.717) is 22.3 Å². The quantitative estimate of drug-likeness (QED) is 0.801. The number of halogens is 1. The second kappa shape index (κ2) is 5.73. The molecular formula is C17H11FN2O2. The van der Waals surface area contributed by atoms with Crippen molar-refractivity contribution in [2.45, 2.75) is 0 Å². The highest BCUT2D eigenvalue weighted by molar-refractivity contribution is 5.93. The van der Waals surface area contributed by atoms with E-state index in [1.807, 2.05) is 0 Å². The van der Waals surface area contributed by atoms with E-state index >= 15 is 0 Å². The minimum atomic E-state index is -1.31. The molecule has 0 amide bonds. The van der Waals surface area contributed by atoms with Crippen LogP contribution in [0, 0.1) is 5.82 Å². The minimum Gasteiger partial charge on any atom is -0.478 e. The van der Waals surface area contributed by atoms with Crippen LogP contribution in [0.3, 0.4) is 0 Å². The normalized spacial score (nSPS) is 10.4. The molecule has 2 aromatic heterocycles. The molecule has 0 saturated carbocycles. The Balaban J connectivity index is 2.29. The number of nitrogens with zero attached hydrogens (tertiary/aromatic N) is 2. The fourth-order valence-electron chi connectivity index (χ4n) is 2.26. The Labute approximate surface area is 125 Å². The summed E-state index contributed by atoms with van der Waals surface area (Å²) in [5.41, 5.74) is 2.22. The van der Waals surface area contributed by atoms with Gasteiger partial charge in [-0.2, -0.15) is 0 Å². The van der Waals surface area contributed by atoms with Gasteiger partial charge in [0.15, 0.2) is 0 Å². The SMILES string of the molecule is O=C(O)c1cc(-c2cccnc2)c(-c2cccnc2)cc1F. The molecule has 3 aromatic rings. The molecule has 1 aromatic carbocycles. The number of pyridine rings is 2. The van der Waals surface area contributed by atoms with E-state index in [9.17, 15) is 9.18 Å². The number of benzene rings is 1. The lowest BCUT2D eigenvalue weighted by Gasteiger charge is -2.11. The van der Waals surface area contributed by atoms with Crippen molar-refractivity contribution in [2.24, 2.45) is 0 Å². The number of carbonyl (C=O) groups is 1. The van der Waals surface area contributed by atoms with Gasteiger partial charge in [0.2, 0.25) is 0 Å². The van der Waals surface area contributed by atoms with Gasteiger partial charge in [-0.25, -0.2) is 9.18 Å². The maximum absolute atomic E-state index is 14.1. The molecule has 0 fully saturated rings. The Kier molecular flexibility index (Phi) is 3.62. The lowest BCUT2D eigenvalue weighted by Crippen LogP contribution is -2.02. The molecule has 0 bridgehead atoms. The summed E-state index contributed by atoms with van der Waals surface area (Å²) < 4.78 is 14.1. The van der Waals surface area contributed by atoms with Crippen molar-refractivity contribution >= 4 is 5.97 Å². The molecule has 4 nitrogen and oxygen atoms in total. The number of aromatic carboxylic acids is 1. The van der Waals surface area contributed by atoms with Crippen molar-refractivity contribution in [2.75, 3.05) is 0 Å². The van der Waals surface area contributed by atoms with Gasteiger partial charge in [0.1, 0.15) is 5.82 Å². The summed E-state index contributed by atoms with van der Waals surface area (Å²) in [7, 11) is 0. The van der Waals surface area contributed by atoms with Crippen molar-refractivity contribution in [3.05, 3.63) is 72.6 Å². The van der Waals surface area contributed by atoms with Gasteiger partial charge in [0, 0.05) is 35.9 Å². The van der Waals surface area contributed by atoms with Gasteiger partial charge in [-0.05, 0) is 35.4 Å². The van der Waals surface area contributed by atoms with Crippen LogP contribution in [-0.2, 0) is 0 Å². The first kappa shape index (κ1) is 13.9. The summed E-state index contributed by atoms with van der Waals surface area (Å²) in [5, 5.41) is 9.13. The van der Waals surface area contributed by atoms with Gasteiger partial charge < -0.3 is 5.11 Å². The van der Waals surface area contributed by atoms with E-state index in [4.69, 9.17) is 5.11 Å². The second-order valence-corrected chi connectivity index (χ2v) is 4.67. The summed E-state index contributed by atoms with van der Waals surface area (Å²) >= 11 is 0. The molecule has 0 aliphatic carbocycles. The fourth-order valence-corrected chi connectivity index (χ4v) is 2.26. The Morgan fingerprint density at radius 2 is 1.50 bits per heavy atom. The first-order valence-electron chi connectivity index (χ1n) is 6.54. The number of aromatic nitrogens is 2. The fraction of sp³-hybridized carbons (Fsp3) is 0. The van der Waals surface area contributed by atoms with E-state index in [1.54, 1.807) is 49.1 Å². The molecule has 0 aliphatic rings. The first-order valence-corrected chi connectivity index (χ1v) is 6.54. The number of carboxylic acids is 1. The lowest BCUT2D eigenvalue weighted by molar-refractivity contribution is 0.0692. The third kappa shape index (κ3) is 2.56. The second-order valence-electron chi connectivity index (χ2n) is 4.67. The molecule has 2 heterocycles. The van der Waals surface area contributed by atoms with Crippen LogP contribution in [0.1, 0.15) is 10.4 Å². The summed E-state index contributed by atoms with van der Waals surface area (Å²) in [6.45, 7) is 0. The Bertz CT molecular complexity index is 821. The van der Waals surface area contributed by atoms with Crippen molar-refractivity contribution in [3.63, 3.8) is 0 Å². The van der Waals surface area contributed by atoms with Gasteiger partial charge in [0.05, 0.1) is 5.56 Å². The summed E-state index contributed by atoms with van der Waals surface area (Å²) in [4.78, 5) is 19.2. The van der Waals surface area contributed by atoms with Gasteiger partial charge in [-0.15, -0.1) is 0 Å². The molecule has 5 heteroatoms. The largest absolute Gasteiger partial charge is 0.478 e. The summed E-state index contributed by atoms with van der Waals surface area (Å²) in [6.07, 6.45) is 6.46. The highest BCUT2D eigenvalue weighted by atomic mass is 19.1. The highest BCUT2D eigenvalue weighted by Gasteiger charge is 2.17. The molecule has 0 atom stereocenters. The van der Waals surface area contributed by atoms with Crippen LogP contribution in [0.25, 0.3) is 22.3 Å². The minimum absolute atomic E-state index is 0.369. The van der Waals surface area contributed by atoms with Crippen molar-refractivity contribution < 1.29 is 14.3 Å². The van der Waals surface area contributed by atoms with Gasteiger partial charge in [-0.1, -0.05) is 12.1 Å². The molecule has 3 rings (SSSR count). The smallest absolute Gasteiger partial charge is 0.338 e. The van der Waals surface area contributed by atoms with E-state index in [-0.39, 0.29) is 5.56 Å². The van der Waals surface area contributed by atoms with Gasteiger partial charge in [0.25, 0.3) is 0 Å². The van der Waals surface area contributed by atoms with Crippen molar-refractivity contribution in [1.29, 1.82) is 0 Å². The monoisotopic (exact) mass is 294 g/mol. The summed E-state index contributed by atoms with van der Waals surface area (Å²) in [5.74, 6) is -2.08. The predicted molar refractivity (Wildman–Crippen MR) is 79.8 cm³/mol. The number of hydrogen-bond donors (Lipinski definition) is 1. The first-order chi connectivity index (χ1) is 10.7. The van der Waals surface area contributed by atoms with E-state index < -0.39 is 11.8 Å². The molecule has 1 N–H and O–H groups in total. The van der Waals surface area contributed by atoms with Crippen LogP contribution >= 0.6 is 0 Å². The van der Waals surface area contributed by atoms with Crippen LogP contribution in [0.15, 0.2) is 61.2 Å². The predicted octanol–water partition coefficient (Wildman–Crippen LogP) is 3.65. The third-order valence-corrected chi connectivity index (χ3v) is 3.28. The molecular weight excluding hydrogens is 283 g/mol. The van der Waals surface area contributed by atoms with Crippen LogP contribution < -0.4 is 0 Å². The van der Waals surface area contributed by atoms with Crippen LogP contribution in [-0.4, -0.2) is 21.0 Å². The zero-order valence-corrected chi connectivity index (χ0v) is 11.4. The zero-order chi connectivity index (χ0) is 15.5. The maximum Gasteiger partial charge on any atom is 0.338 e. The molecule has 0 radical (unpaired) electrons. The van der Waals surface area contributed by atoms with E-state index in [1.165, 1.54) is 12.1 Å². The maximum atomic E-state index is 14.1. The molecule has 0 saturated heterocycles. The Morgan fingerprint density at radius 1 is 0.955 bits per heavy atom. The van der Waals surface area contributed by atoms with Crippen LogP contribution in [0.4, 0.5) is 4.39 Å². The molecule has 0 unspecified atom stereocenters. The van der Waals surface area contributed by atoms with E-state index in [2.05, 4.69) is 9.97 Å². The van der Waals surface area contributed by atoms with Crippen molar-refractivity contribution in [1.82, 2.24) is 9.97 Å².